The van der Waals surface area contributed by atoms with Crippen LogP contribution in [0.3, 0.4) is 0 Å². The summed E-state index contributed by atoms with van der Waals surface area (Å²) in [5.74, 6) is 1.75. The fourth-order valence-corrected chi connectivity index (χ4v) is 2.16. The van der Waals surface area contributed by atoms with Crippen LogP contribution in [0.1, 0.15) is 24.7 Å². The van der Waals surface area contributed by atoms with Crippen molar-refractivity contribution in [3.05, 3.63) is 42.0 Å². The Morgan fingerprint density at radius 1 is 1.33 bits per heavy atom. The van der Waals surface area contributed by atoms with Gasteiger partial charge < -0.3 is 4.74 Å². The molecule has 1 aromatic carbocycles. The van der Waals surface area contributed by atoms with Gasteiger partial charge in [-0.2, -0.15) is 5.10 Å². The van der Waals surface area contributed by atoms with E-state index in [4.69, 9.17) is 4.74 Å². The van der Waals surface area contributed by atoms with Gasteiger partial charge in [-0.3, -0.25) is 0 Å². The van der Waals surface area contributed by atoms with Gasteiger partial charge in [0.15, 0.2) is 5.82 Å². The van der Waals surface area contributed by atoms with Gasteiger partial charge in [0, 0.05) is 17.4 Å². The molecule has 1 heterocycles. The molecule has 2 rings (SSSR count). The van der Waals surface area contributed by atoms with E-state index in [1.54, 1.807) is 6.33 Å². The molecule has 0 bridgehead atoms. The van der Waals surface area contributed by atoms with E-state index in [0.29, 0.717) is 6.61 Å². The molecule has 18 heavy (non-hydrogen) atoms. The van der Waals surface area contributed by atoms with Crippen LogP contribution in [0.15, 0.2) is 30.6 Å². The molecule has 0 saturated carbocycles. The number of rotatable bonds is 6. The predicted molar refractivity (Wildman–Crippen MR) is 73.7 cm³/mol. The first-order valence-corrected chi connectivity index (χ1v) is 7.10. The maximum atomic E-state index is 5.81. The number of benzene rings is 1. The van der Waals surface area contributed by atoms with Crippen LogP contribution in [-0.2, 0) is 18.5 Å². The van der Waals surface area contributed by atoms with Crippen molar-refractivity contribution in [3.63, 3.8) is 0 Å². The number of ether oxygens (including phenoxy) is 1. The van der Waals surface area contributed by atoms with Crippen molar-refractivity contribution in [1.29, 1.82) is 0 Å². The number of nitrogens with zero attached hydrogens (tertiary/aromatic N) is 3. The van der Waals surface area contributed by atoms with Gasteiger partial charge in [-0.05, 0) is 12.5 Å². The third-order valence-electron chi connectivity index (χ3n) is 2.60. The average molecular weight is 310 g/mol. The molecule has 0 saturated heterocycles. The molecular formula is C13H16BrN3O. The Balaban J connectivity index is 2.04. The molecular weight excluding hydrogens is 294 g/mol. The van der Waals surface area contributed by atoms with Crippen LogP contribution in [-0.4, -0.2) is 14.8 Å². The van der Waals surface area contributed by atoms with Crippen molar-refractivity contribution >= 4 is 15.9 Å². The molecule has 0 atom stereocenters. The number of alkyl halides is 1. The second-order valence-electron chi connectivity index (χ2n) is 3.93. The van der Waals surface area contributed by atoms with Crippen molar-refractivity contribution in [1.82, 2.24) is 14.8 Å². The molecule has 0 aliphatic carbocycles. The van der Waals surface area contributed by atoms with Crippen LogP contribution in [0.4, 0.5) is 0 Å². The van der Waals surface area contributed by atoms with E-state index < -0.39 is 0 Å². The predicted octanol–water partition coefficient (Wildman–Crippen LogP) is 3.16. The fourth-order valence-electron chi connectivity index (χ4n) is 1.70. The summed E-state index contributed by atoms with van der Waals surface area (Å²) in [5.41, 5.74) is 1.14. The number of hydrogen-bond acceptors (Lipinski definition) is 3. The Labute approximate surface area is 115 Å². The summed E-state index contributed by atoms with van der Waals surface area (Å²) in [6, 6.07) is 7.99. The molecule has 0 N–H and O–H groups in total. The Bertz CT molecular complexity index is 498. The van der Waals surface area contributed by atoms with Crippen LogP contribution >= 0.6 is 15.9 Å². The lowest BCUT2D eigenvalue weighted by Crippen LogP contribution is -2.09. The molecule has 2 aromatic rings. The van der Waals surface area contributed by atoms with Crippen LogP contribution in [0, 0.1) is 0 Å². The highest BCUT2D eigenvalue weighted by atomic mass is 79.9. The van der Waals surface area contributed by atoms with Crippen molar-refractivity contribution in [2.75, 3.05) is 0 Å². The van der Waals surface area contributed by atoms with Gasteiger partial charge in [0.1, 0.15) is 18.7 Å². The SMILES string of the molecule is CCCn1ncnc1COc1ccccc1CBr. The minimum atomic E-state index is 0.448. The van der Waals surface area contributed by atoms with Crippen molar-refractivity contribution in [3.8, 4) is 5.75 Å². The van der Waals surface area contributed by atoms with E-state index in [1.165, 1.54) is 0 Å². The Hall–Kier alpha value is -1.36. The topological polar surface area (TPSA) is 39.9 Å². The largest absolute Gasteiger partial charge is 0.485 e. The molecule has 0 aliphatic heterocycles. The molecule has 5 heteroatoms. The number of aryl methyl sites for hydroxylation is 1. The van der Waals surface area contributed by atoms with Crippen molar-refractivity contribution < 1.29 is 4.74 Å². The highest BCUT2D eigenvalue weighted by molar-refractivity contribution is 9.08. The second-order valence-corrected chi connectivity index (χ2v) is 4.49. The Kier molecular flexibility index (Phi) is 4.75. The van der Waals surface area contributed by atoms with E-state index in [9.17, 15) is 0 Å². The third-order valence-corrected chi connectivity index (χ3v) is 3.21. The number of hydrogen-bond donors (Lipinski definition) is 0. The lowest BCUT2D eigenvalue weighted by Gasteiger charge is -2.10. The first-order valence-electron chi connectivity index (χ1n) is 5.98. The van der Waals surface area contributed by atoms with E-state index in [0.717, 1.165) is 35.4 Å². The molecule has 0 unspecified atom stereocenters. The minimum absolute atomic E-state index is 0.448. The van der Waals surface area contributed by atoms with Gasteiger partial charge in [-0.1, -0.05) is 41.1 Å². The van der Waals surface area contributed by atoms with Gasteiger partial charge in [0.05, 0.1) is 0 Å². The lowest BCUT2D eigenvalue weighted by atomic mass is 10.2. The standard InChI is InChI=1S/C13H16BrN3O/c1-2-7-17-13(15-10-16-17)9-18-12-6-4-3-5-11(12)8-14/h3-6,10H,2,7-9H2,1H3. The molecule has 0 spiro atoms. The summed E-state index contributed by atoms with van der Waals surface area (Å²) in [5, 5.41) is 4.96. The van der Waals surface area contributed by atoms with Gasteiger partial charge in [-0.25, -0.2) is 9.67 Å². The van der Waals surface area contributed by atoms with E-state index in [2.05, 4.69) is 32.9 Å². The monoisotopic (exact) mass is 309 g/mol. The lowest BCUT2D eigenvalue weighted by molar-refractivity contribution is 0.284. The zero-order valence-electron chi connectivity index (χ0n) is 10.3. The van der Waals surface area contributed by atoms with E-state index >= 15 is 0 Å². The molecule has 0 aliphatic rings. The normalized spacial score (nSPS) is 10.6. The maximum Gasteiger partial charge on any atom is 0.164 e. The zero-order chi connectivity index (χ0) is 12.8. The first kappa shape index (κ1) is 13.1. The minimum Gasteiger partial charge on any atom is -0.485 e. The highest BCUT2D eigenvalue weighted by Gasteiger charge is 2.06. The molecule has 4 nitrogen and oxygen atoms in total. The average Bonchev–Trinajstić information content (AvgIpc) is 2.84. The van der Waals surface area contributed by atoms with Gasteiger partial charge in [0.25, 0.3) is 0 Å². The van der Waals surface area contributed by atoms with E-state index in [-0.39, 0.29) is 0 Å². The van der Waals surface area contributed by atoms with Crippen LogP contribution < -0.4 is 4.74 Å². The summed E-state index contributed by atoms with van der Waals surface area (Å²) in [6.07, 6.45) is 2.61. The van der Waals surface area contributed by atoms with Crippen LogP contribution in [0.2, 0.25) is 0 Å². The van der Waals surface area contributed by atoms with Crippen molar-refractivity contribution in [2.45, 2.75) is 31.8 Å². The number of aromatic nitrogens is 3. The Morgan fingerprint density at radius 2 is 2.17 bits per heavy atom. The summed E-state index contributed by atoms with van der Waals surface area (Å²) in [4.78, 5) is 4.22. The summed E-state index contributed by atoms with van der Waals surface area (Å²) in [6.45, 7) is 3.44. The van der Waals surface area contributed by atoms with Crippen LogP contribution in [0.5, 0.6) is 5.75 Å². The smallest absolute Gasteiger partial charge is 0.164 e. The molecule has 1 aromatic heterocycles. The van der Waals surface area contributed by atoms with Gasteiger partial charge >= 0.3 is 0 Å². The van der Waals surface area contributed by atoms with Gasteiger partial charge in [0.2, 0.25) is 0 Å². The third kappa shape index (κ3) is 3.10. The number of para-hydroxylation sites is 1. The molecule has 0 fully saturated rings. The summed E-state index contributed by atoms with van der Waals surface area (Å²) >= 11 is 3.45. The maximum absolute atomic E-state index is 5.81. The van der Waals surface area contributed by atoms with E-state index in [1.807, 2.05) is 28.9 Å². The molecule has 96 valence electrons. The number of halogens is 1. The summed E-state index contributed by atoms with van der Waals surface area (Å²) in [7, 11) is 0. The highest BCUT2D eigenvalue weighted by Crippen LogP contribution is 2.21. The summed E-state index contributed by atoms with van der Waals surface area (Å²) < 4.78 is 7.69. The quantitative estimate of drug-likeness (QED) is 0.770. The first-order chi connectivity index (χ1) is 8.85. The zero-order valence-corrected chi connectivity index (χ0v) is 11.9. The fraction of sp³-hybridized carbons (Fsp3) is 0.385. The van der Waals surface area contributed by atoms with Crippen molar-refractivity contribution in [2.24, 2.45) is 0 Å². The van der Waals surface area contributed by atoms with Gasteiger partial charge in [-0.15, -0.1) is 0 Å². The van der Waals surface area contributed by atoms with Crippen LogP contribution in [0.25, 0.3) is 0 Å². The Morgan fingerprint density at radius 3 is 2.94 bits per heavy atom. The second kappa shape index (κ2) is 6.54. The molecule has 0 radical (unpaired) electrons. The molecule has 0 amide bonds.